The van der Waals surface area contributed by atoms with Crippen molar-refractivity contribution in [1.82, 2.24) is 5.32 Å². The van der Waals surface area contributed by atoms with Crippen molar-refractivity contribution in [3.63, 3.8) is 0 Å². The largest absolute Gasteiger partial charge is 0.480 e. The summed E-state index contributed by atoms with van der Waals surface area (Å²) in [6.07, 6.45) is 1.12. The van der Waals surface area contributed by atoms with E-state index in [4.69, 9.17) is 9.47 Å². The van der Waals surface area contributed by atoms with Crippen LogP contribution in [0.25, 0.3) is 0 Å². The van der Waals surface area contributed by atoms with Gasteiger partial charge in [-0.2, -0.15) is 11.8 Å². The molecule has 6 nitrogen and oxygen atoms in total. The second kappa shape index (κ2) is 8.39. The molecule has 0 saturated carbocycles. The molecule has 0 bridgehead atoms. The number of amides is 1. The second-order valence-corrected chi connectivity index (χ2v) is 5.63. The minimum atomic E-state index is -1.09. The predicted molar refractivity (Wildman–Crippen MR) is 72.4 cm³/mol. The van der Waals surface area contributed by atoms with Gasteiger partial charge in [0.25, 0.3) is 0 Å². The molecule has 7 heteroatoms. The average Bonchev–Trinajstić information content (AvgIpc) is 2.39. The standard InChI is InChI=1S/C12H21NO5S/c1-17-6-7-18-5-2-10(14)13-12(11(15)16)3-8-19-9-4-12/h2-9H2,1H3,(H,13,14)(H,15,16). The van der Waals surface area contributed by atoms with Crippen LogP contribution in [0.5, 0.6) is 0 Å². The van der Waals surface area contributed by atoms with E-state index in [0.717, 1.165) is 11.5 Å². The maximum absolute atomic E-state index is 11.8. The van der Waals surface area contributed by atoms with E-state index < -0.39 is 11.5 Å². The SMILES string of the molecule is COCCOCCC(=O)NC1(C(=O)O)CCSCC1. The number of aliphatic carboxylic acids is 1. The van der Waals surface area contributed by atoms with E-state index in [1.165, 1.54) is 0 Å². The number of carboxylic acid groups (broad SMARTS) is 1. The van der Waals surface area contributed by atoms with Crippen LogP contribution < -0.4 is 5.32 Å². The van der Waals surface area contributed by atoms with E-state index in [1.54, 1.807) is 18.9 Å². The summed E-state index contributed by atoms with van der Waals surface area (Å²) in [4.78, 5) is 23.1. The lowest BCUT2D eigenvalue weighted by Crippen LogP contribution is -2.56. The second-order valence-electron chi connectivity index (χ2n) is 4.40. The summed E-state index contributed by atoms with van der Waals surface area (Å²) in [7, 11) is 1.58. The van der Waals surface area contributed by atoms with E-state index in [2.05, 4.69) is 5.32 Å². The van der Waals surface area contributed by atoms with E-state index in [1.807, 2.05) is 0 Å². The Morgan fingerprint density at radius 2 is 1.95 bits per heavy atom. The van der Waals surface area contributed by atoms with Crippen LogP contribution in [0.1, 0.15) is 19.3 Å². The Bertz CT molecular complexity index is 304. The first-order chi connectivity index (χ1) is 9.10. The fraction of sp³-hybridized carbons (Fsp3) is 0.833. The van der Waals surface area contributed by atoms with Crippen molar-refractivity contribution in [3.8, 4) is 0 Å². The maximum Gasteiger partial charge on any atom is 0.329 e. The van der Waals surface area contributed by atoms with Crippen molar-refractivity contribution in [2.75, 3.05) is 38.4 Å². The summed E-state index contributed by atoms with van der Waals surface area (Å²) in [5.41, 5.74) is -1.09. The van der Waals surface area contributed by atoms with Crippen molar-refractivity contribution in [3.05, 3.63) is 0 Å². The molecule has 1 heterocycles. The number of carboxylic acids is 1. The van der Waals surface area contributed by atoms with Gasteiger partial charge in [0.1, 0.15) is 5.54 Å². The molecule has 1 rings (SSSR count). The molecule has 1 amide bonds. The Labute approximate surface area is 117 Å². The maximum atomic E-state index is 11.8. The first-order valence-electron chi connectivity index (χ1n) is 6.29. The van der Waals surface area contributed by atoms with Crippen LogP contribution in [0.2, 0.25) is 0 Å². The van der Waals surface area contributed by atoms with Gasteiger partial charge in [-0.3, -0.25) is 4.79 Å². The first-order valence-corrected chi connectivity index (χ1v) is 7.45. The van der Waals surface area contributed by atoms with Gasteiger partial charge in [0.15, 0.2) is 0 Å². The first kappa shape index (κ1) is 16.3. The number of nitrogens with one attached hydrogen (secondary N) is 1. The number of hydrogen-bond acceptors (Lipinski definition) is 5. The zero-order valence-corrected chi connectivity index (χ0v) is 12.0. The topological polar surface area (TPSA) is 84.9 Å². The van der Waals surface area contributed by atoms with Gasteiger partial charge in [-0.15, -0.1) is 0 Å². The summed E-state index contributed by atoms with van der Waals surface area (Å²) in [5.74, 6) is 0.307. The third-order valence-electron chi connectivity index (χ3n) is 3.04. The van der Waals surface area contributed by atoms with Gasteiger partial charge in [-0.05, 0) is 24.3 Å². The quantitative estimate of drug-likeness (QED) is 0.634. The van der Waals surface area contributed by atoms with Crippen LogP contribution in [0, 0.1) is 0 Å². The third kappa shape index (κ3) is 5.38. The highest BCUT2D eigenvalue weighted by Crippen LogP contribution is 2.27. The number of thioether (sulfide) groups is 1. The molecule has 0 aromatic heterocycles. The van der Waals surface area contributed by atoms with Gasteiger partial charge in [0, 0.05) is 13.5 Å². The van der Waals surface area contributed by atoms with Crippen molar-refractivity contribution >= 4 is 23.6 Å². The molecular weight excluding hydrogens is 270 g/mol. The van der Waals surface area contributed by atoms with Crippen LogP contribution in [0.15, 0.2) is 0 Å². The summed E-state index contributed by atoms with van der Waals surface area (Å²) in [6, 6.07) is 0. The summed E-state index contributed by atoms with van der Waals surface area (Å²) in [5, 5.41) is 12.0. The number of carbonyl (C=O) groups is 2. The molecule has 0 unspecified atom stereocenters. The van der Waals surface area contributed by atoms with Gasteiger partial charge in [0.2, 0.25) is 5.91 Å². The molecule has 0 aliphatic carbocycles. The van der Waals surface area contributed by atoms with Gasteiger partial charge in [0.05, 0.1) is 19.8 Å². The molecule has 1 aliphatic heterocycles. The smallest absolute Gasteiger partial charge is 0.329 e. The van der Waals surface area contributed by atoms with E-state index in [-0.39, 0.29) is 18.9 Å². The van der Waals surface area contributed by atoms with Crippen LogP contribution in [-0.2, 0) is 19.1 Å². The summed E-state index contributed by atoms with van der Waals surface area (Å²) < 4.78 is 10.0. The number of rotatable bonds is 8. The van der Waals surface area contributed by atoms with Crippen LogP contribution >= 0.6 is 11.8 Å². The van der Waals surface area contributed by atoms with Gasteiger partial charge in [-0.25, -0.2) is 4.79 Å². The van der Waals surface area contributed by atoms with Gasteiger partial charge in [-0.1, -0.05) is 0 Å². The lowest BCUT2D eigenvalue weighted by Gasteiger charge is -2.33. The number of ether oxygens (including phenoxy) is 2. The zero-order valence-electron chi connectivity index (χ0n) is 11.1. The fourth-order valence-corrected chi connectivity index (χ4v) is 3.04. The fourth-order valence-electron chi connectivity index (χ4n) is 1.85. The molecule has 2 N–H and O–H groups in total. The highest BCUT2D eigenvalue weighted by Gasteiger charge is 2.41. The Hall–Kier alpha value is -0.790. The monoisotopic (exact) mass is 291 g/mol. The van der Waals surface area contributed by atoms with Crippen molar-refractivity contribution < 1.29 is 24.2 Å². The minimum Gasteiger partial charge on any atom is -0.480 e. The molecule has 0 aromatic rings. The zero-order chi connectivity index (χ0) is 14.1. The number of carbonyl (C=O) groups excluding carboxylic acids is 1. The molecule has 0 aromatic carbocycles. The van der Waals surface area contributed by atoms with E-state index in [9.17, 15) is 14.7 Å². The molecule has 110 valence electrons. The van der Waals surface area contributed by atoms with Crippen LogP contribution in [0.3, 0.4) is 0 Å². The van der Waals surface area contributed by atoms with Crippen LogP contribution in [0.4, 0.5) is 0 Å². The Morgan fingerprint density at radius 1 is 1.26 bits per heavy atom. The van der Waals surface area contributed by atoms with Crippen molar-refractivity contribution in [2.24, 2.45) is 0 Å². The lowest BCUT2D eigenvalue weighted by molar-refractivity contribution is -0.148. The minimum absolute atomic E-state index is 0.173. The molecule has 1 fully saturated rings. The third-order valence-corrected chi connectivity index (χ3v) is 4.03. The van der Waals surface area contributed by atoms with Crippen molar-refractivity contribution in [1.29, 1.82) is 0 Å². The van der Waals surface area contributed by atoms with E-state index in [0.29, 0.717) is 26.1 Å². The van der Waals surface area contributed by atoms with Gasteiger partial charge < -0.3 is 19.9 Å². The van der Waals surface area contributed by atoms with Crippen LogP contribution in [-0.4, -0.2) is 61.0 Å². The molecule has 0 radical (unpaired) electrons. The molecule has 0 atom stereocenters. The molecule has 1 aliphatic rings. The summed E-state index contributed by atoms with van der Waals surface area (Å²) >= 11 is 1.72. The predicted octanol–water partition coefficient (Wildman–Crippen LogP) is 0.506. The molecular formula is C12H21NO5S. The van der Waals surface area contributed by atoms with Crippen molar-refractivity contribution in [2.45, 2.75) is 24.8 Å². The molecule has 1 saturated heterocycles. The van der Waals surface area contributed by atoms with E-state index >= 15 is 0 Å². The Balaban J connectivity index is 2.33. The highest BCUT2D eigenvalue weighted by molar-refractivity contribution is 7.99. The molecule has 19 heavy (non-hydrogen) atoms. The average molecular weight is 291 g/mol. The Morgan fingerprint density at radius 3 is 2.53 bits per heavy atom. The normalized spacial score (nSPS) is 17.9. The Kier molecular flexibility index (Phi) is 7.19. The molecule has 0 spiro atoms. The number of hydrogen-bond donors (Lipinski definition) is 2. The van der Waals surface area contributed by atoms with Gasteiger partial charge >= 0.3 is 5.97 Å². The lowest BCUT2D eigenvalue weighted by atomic mass is 9.92. The number of methoxy groups -OCH3 is 1. The summed E-state index contributed by atoms with van der Waals surface area (Å²) in [6.45, 7) is 1.20. The highest BCUT2D eigenvalue weighted by atomic mass is 32.2.